The number of alkyl halides is 1. The Morgan fingerprint density at radius 3 is 2.60 bits per heavy atom. The molecule has 0 fully saturated rings. The number of hydrogen-bond donors (Lipinski definition) is 0. The summed E-state index contributed by atoms with van der Waals surface area (Å²) in [4.78, 5) is 0.167. The molecule has 1 aromatic carbocycles. The predicted molar refractivity (Wildman–Crippen MR) is 83.8 cm³/mol. The molecule has 0 amide bonds. The second kappa shape index (κ2) is 7.64. The van der Waals surface area contributed by atoms with E-state index in [0.717, 1.165) is 21.5 Å². The Hall–Kier alpha value is -0.300. The van der Waals surface area contributed by atoms with E-state index in [2.05, 4.69) is 38.8 Å². The lowest BCUT2D eigenvalue weighted by Crippen LogP contribution is -2.17. The lowest BCUT2D eigenvalue weighted by Gasteiger charge is -2.22. The largest absolute Gasteiger partial charge is 0.454 e. The van der Waals surface area contributed by atoms with Gasteiger partial charge in [-0.2, -0.15) is 0 Å². The summed E-state index contributed by atoms with van der Waals surface area (Å²) >= 11 is 7.18. The molecule has 2 rings (SSSR count). The molecule has 6 heteroatoms. The van der Waals surface area contributed by atoms with E-state index in [4.69, 9.17) is 18.9 Å². The quantitative estimate of drug-likeness (QED) is 0.502. The van der Waals surface area contributed by atoms with Gasteiger partial charge in [0.15, 0.2) is 11.5 Å². The van der Waals surface area contributed by atoms with Crippen LogP contribution in [0.2, 0.25) is 0 Å². The second-order valence-corrected chi connectivity index (χ2v) is 6.69. The van der Waals surface area contributed by atoms with E-state index in [9.17, 15) is 0 Å². The van der Waals surface area contributed by atoms with Crippen LogP contribution in [0.4, 0.5) is 0 Å². The minimum Gasteiger partial charge on any atom is -0.454 e. The molecule has 0 aliphatic carbocycles. The molecule has 1 aliphatic heterocycles. The Kier molecular flexibility index (Phi) is 6.14. The molecule has 0 spiro atoms. The van der Waals surface area contributed by atoms with Gasteiger partial charge in [0.1, 0.15) is 0 Å². The molecule has 0 unspecified atom stereocenters. The van der Waals surface area contributed by atoms with Crippen LogP contribution in [-0.2, 0) is 9.47 Å². The van der Waals surface area contributed by atoms with Crippen LogP contribution in [0, 0.1) is 0 Å². The molecule has 4 nitrogen and oxygen atoms in total. The number of benzene rings is 1. The number of rotatable bonds is 7. The number of halogens is 2. The van der Waals surface area contributed by atoms with Gasteiger partial charge in [-0.05, 0) is 26.0 Å². The fourth-order valence-electron chi connectivity index (χ4n) is 2.00. The lowest BCUT2D eigenvalue weighted by atomic mass is 10.1. The first-order chi connectivity index (χ1) is 9.63. The van der Waals surface area contributed by atoms with Gasteiger partial charge >= 0.3 is 0 Å². The van der Waals surface area contributed by atoms with Crippen LogP contribution in [0.1, 0.15) is 25.5 Å². The fraction of sp³-hybridized carbons (Fsp3) is 0.571. The zero-order chi connectivity index (χ0) is 14.5. The molecule has 0 aromatic heterocycles. The van der Waals surface area contributed by atoms with Gasteiger partial charge in [-0.1, -0.05) is 31.9 Å². The molecule has 0 N–H and O–H groups in total. The van der Waals surface area contributed by atoms with Crippen LogP contribution in [0.3, 0.4) is 0 Å². The number of hydrogen-bond acceptors (Lipinski definition) is 4. The summed E-state index contributed by atoms with van der Waals surface area (Å²) in [6, 6.07) is 3.89. The minimum atomic E-state index is -0.0840. The first-order valence-electron chi connectivity index (χ1n) is 6.56. The molecule has 2 atom stereocenters. The first kappa shape index (κ1) is 16.1. The highest BCUT2D eigenvalue weighted by molar-refractivity contribution is 9.10. The highest BCUT2D eigenvalue weighted by Gasteiger charge is 2.24. The van der Waals surface area contributed by atoms with Gasteiger partial charge in [-0.25, -0.2) is 0 Å². The summed E-state index contributed by atoms with van der Waals surface area (Å²) in [7, 11) is 0. The molecule has 1 aromatic rings. The maximum atomic E-state index is 5.93. The van der Waals surface area contributed by atoms with E-state index in [0.29, 0.717) is 19.8 Å². The van der Waals surface area contributed by atoms with Gasteiger partial charge in [-0.3, -0.25) is 0 Å². The van der Waals surface area contributed by atoms with Crippen LogP contribution in [0.15, 0.2) is 16.6 Å². The van der Waals surface area contributed by atoms with Crippen LogP contribution < -0.4 is 9.47 Å². The van der Waals surface area contributed by atoms with Crippen molar-refractivity contribution in [2.75, 3.05) is 26.6 Å². The molecular formula is C14H18Br2O4. The predicted octanol–water partition coefficient (Wildman–Crippen LogP) is 4.06. The standard InChI is InChI=1S/C14H18Br2O4/c1-3-17-4-5-18-14(9(2)15)10-6-12-13(7-11(10)16)20-8-19-12/h6-7,9,14H,3-5,8H2,1-2H3/t9-,14+/m1/s1. The lowest BCUT2D eigenvalue weighted by molar-refractivity contribution is 0.00779. The van der Waals surface area contributed by atoms with Crippen molar-refractivity contribution in [3.63, 3.8) is 0 Å². The first-order valence-corrected chi connectivity index (χ1v) is 8.26. The van der Waals surface area contributed by atoms with Gasteiger partial charge in [0.25, 0.3) is 0 Å². The maximum Gasteiger partial charge on any atom is 0.231 e. The third-order valence-corrected chi connectivity index (χ3v) is 4.11. The molecule has 0 saturated carbocycles. The third-order valence-electron chi connectivity index (χ3n) is 2.94. The van der Waals surface area contributed by atoms with Crippen molar-refractivity contribution in [3.05, 3.63) is 22.2 Å². The SMILES string of the molecule is CCOCCO[C@H](c1cc2c(cc1Br)OCO2)[C@@H](C)Br. The number of ether oxygens (including phenoxy) is 4. The van der Waals surface area contributed by atoms with Gasteiger partial charge < -0.3 is 18.9 Å². The van der Waals surface area contributed by atoms with Crippen molar-refractivity contribution in [1.82, 2.24) is 0 Å². The van der Waals surface area contributed by atoms with Gasteiger partial charge in [0.05, 0.1) is 19.3 Å². The Labute approximate surface area is 136 Å². The molecular weight excluding hydrogens is 392 g/mol. The van der Waals surface area contributed by atoms with E-state index in [1.165, 1.54) is 0 Å². The van der Waals surface area contributed by atoms with Crippen molar-refractivity contribution in [1.29, 1.82) is 0 Å². The zero-order valence-corrected chi connectivity index (χ0v) is 14.7. The fourth-order valence-corrected chi connectivity index (χ4v) is 2.98. The van der Waals surface area contributed by atoms with E-state index in [1.807, 2.05) is 19.1 Å². The molecule has 20 heavy (non-hydrogen) atoms. The third kappa shape index (κ3) is 3.87. The Balaban J connectivity index is 2.12. The summed E-state index contributed by atoms with van der Waals surface area (Å²) < 4.78 is 23.0. The van der Waals surface area contributed by atoms with Crippen LogP contribution in [-0.4, -0.2) is 31.4 Å². The topological polar surface area (TPSA) is 36.9 Å². The van der Waals surface area contributed by atoms with Crippen molar-refractivity contribution in [3.8, 4) is 11.5 Å². The average Bonchev–Trinajstić information content (AvgIpc) is 2.85. The van der Waals surface area contributed by atoms with Crippen molar-refractivity contribution >= 4 is 31.9 Å². The average molecular weight is 410 g/mol. The molecule has 1 heterocycles. The highest BCUT2D eigenvalue weighted by atomic mass is 79.9. The van der Waals surface area contributed by atoms with Crippen LogP contribution in [0.25, 0.3) is 0 Å². The van der Waals surface area contributed by atoms with Crippen molar-refractivity contribution in [2.24, 2.45) is 0 Å². The van der Waals surface area contributed by atoms with Crippen molar-refractivity contribution < 1.29 is 18.9 Å². The Morgan fingerprint density at radius 1 is 1.25 bits per heavy atom. The summed E-state index contributed by atoms with van der Waals surface area (Å²) in [5.74, 6) is 1.52. The molecule has 0 saturated heterocycles. The van der Waals surface area contributed by atoms with E-state index < -0.39 is 0 Å². The Bertz CT molecular complexity index is 451. The van der Waals surface area contributed by atoms with Crippen LogP contribution >= 0.6 is 31.9 Å². The monoisotopic (exact) mass is 408 g/mol. The smallest absolute Gasteiger partial charge is 0.231 e. The normalized spacial score (nSPS) is 16.2. The van der Waals surface area contributed by atoms with E-state index in [-0.39, 0.29) is 17.7 Å². The second-order valence-electron chi connectivity index (χ2n) is 4.39. The minimum absolute atomic E-state index is 0.0840. The summed E-state index contributed by atoms with van der Waals surface area (Å²) in [6.45, 7) is 6.14. The summed E-state index contributed by atoms with van der Waals surface area (Å²) in [5, 5.41) is 0. The highest BCUT2D eigenvalue weighted by Crippen LogP contribution is 2.41. The molecule has 0 radical (unpaired) electrons. The zero-order valence-electron chi connectivity index (χ0n) is 11.5. The summed E-state index contributed by atoms with van der Waals surface area (Å²) in [5.41, 5.74) is 1.04. The van der Waals surface area contributed by atoms with Crippen molar-refractivity contribution in [2.45, 2.75) is 24.8 Å². The molecule has 0 bridgehead atoms. The van der Waals surface area contributed by atoms with Gasteiger partial charge in [0, 0.05) is 21.5 Å². The molecule has 1 aliphatic rings. The van der Waals surface area contributed by atoms with Crippen LogP contribution in [0.5, 0.6) is 11.5 Å². The molecule has 112 valence electrons. The number of fused-ring (bicyclic) bond motifs is 1. The van der Waals surface area contributed by atoms with Gasteiger partial charge in [0.2, 0.25) is 6.79 Å². The van der Waals surface area contributed by atoms with Gasteiger partial charge in [-0.15, -0.1) is 0 Å². The summed E-state index contributed by atoms with van der Waals surface area (Å²) in [6.07, 6.45) is -0.0840. The Morgan fingerprint density at radius 2 is 1.95 bits per heavy atom. The van der Waals surface area contributed by atoms with E-state index >= 15 is 0 Å². The maximum absolute atomic E-state index is 5.93. The van der Waals surface area contributed by atoms with E-state index in [1.54, 1.807) is 0 Å².